The van der Waals surface area contributed by atoms with Crippen molar-refractivity contribution in [2.45, 2.75) is 65.9 Å². The number of carbonyl (C=O) groups excluding carboxylic acids is 1. The van der Waals surface area contributed by atoms with Gasteiger partial charge in [-0.2, -0.15) is 0 Å². The molecule has 32 heavy (non-hydrogen) atoms. The number of benzene rings is 3. The Morgan fingerprint density at radius 2 is 1.69 bits per heavy atom. The molecule has 0 amide bonds. The predicted octanol–water partition coefficient (Wildman–Crippen LogP) is 6.59. The summed E-state index contributed by atoms with van der Waals surface area (Å²) >= 11 is 0. The second kappa shape index (κ2) is 8.16. The molecule has 4 rings (SSSR count). The van der Waals surface area contributed by atoms with E-state index >= 15 is 0 Å². The van der Waals surface area contributed by atoms with E-state index in [4.69, 9.17) is 14.2 Å². The van der Waals surface area contributed by atoms with Crippen LogP contribution >= 0.6 is 0 Å². The number of hydrogen-bond donors (Lipinski definition) is 0. The van der Waals surface area contributed by atoms with Crippen molar-refractivity contribution in [3.05, 3.63) is 64.2 Å². The van der Waals surface area contributed by atoms with Crippen LogP contribution in [0.25, 0.3) is 10.8 Å². The van der Waals surface area contributed by atoms with E-state index < -0.39 is 0 Å². The largest absolute Gasteiger partial charge is 0.497 e. The van der Waals surface area contributed by atoms with Crippen LogP contribution in [-0.4, -0.2) is 18.7 Å². The number of rotatable bonds is 4. The minimum absolute atomic E-state index is 0.177. The fourth-order valence-corrected chi connectivity index (χ4v) is 4.46. The molecular formula is C28H32O4. The van der Waals surface area contributed by atoms with Gasteiger partial charge in [-0.1, -0.05) is 24.3 Å². The van der Waals surface area contributed by atoms with E-state index in [1.807, 2.05) is 58.0 Å². The van der Waals surface area contributed by atoms with Gasteiger partial charge in [0.1, 0.15) is 22.8 Å². The summed E-state index contributed by atoms with van der Waals surface area (Å²) in [6.45, 7) is 12.2. The zero-order valence-electron chi connectivity index (χ0n) is 20.1. The second-order valence-corrected chi connectivity index (χ2v) is 9.49. The molecule has 0 radical (unpaired) electrons. The highest BCUT2D eigenvalue weighted by atomic mass is 16.5. The molecule has 4 heteroatoms. The maximum absolute atomic E-state index is 13.2. The lowest BCUT2D eigenvalue weighted by atomic mass is 9.88. The lowest BCUT2D eigenvalue weighted by Crippen LogP contribution is -2.33. The molecule has 1 heterocycles. The third-order valence-electron chi connectivity index (χ3n) is 6.79. The lowest BCUT2D eigenvalue weighted by Gasteiger charge is -2.35. The third kappa shape index (κ3) is 3.94. The first-order valence-corrected chi connectivity index (χ1v) is 11.2. The zero-order chi connectivity index (χ0) is 23.2. The third-order valence-corrected chi connectivity index (χ3v) is 6.79. The van der Waals surface area contributed by atoms with E-state index in [1.54, 1.807) is 7.11 Å². The molecule has 0 saturated heterocycles. The molecule has 0 spiro atoms. The molecule has 0 bridgehead atoms. The zero-order valence-corrected chi connectivity index (χ0v) is 20.1. The Labute approximate surface area is 190 Å². The van der Waals surface area contributed by atoms with Gasteiger partial charge >= 0.3 is 5.97 Å². The van der Waals surface area contributed by atoms with Crippen LogP contribution in [0.3, 0.4) is 0 Å². The van der Waals surface area contributed by atoms with Gasteiger partial charge in [-0.25, -0.2) is 0 Å². The van der Waals surface area contributed by atoms with Gasteiger partial charge in [0.15, 0.2) is 0 Å². The molecule has 1 unspecified atom stereocenters. The highest BCUT2D eigenvalue weighted by molar-refractivity contribution is 5.87. The molecule has 4 nitrogen and oxygen atoms in total. The lowest BCUT2D eigenvalue weighted by molar-refractivity contribution is -0.135. The molecule has 3 aromatic rings. The van der Waals surface area contributed by atoms with E-state index in [9.17, 15) is 4.79 Å². The first kappa shape index (κ1) is 22.2. The average molecular weight is 433 g/mol. The Morgan fingerprint density at radius 3 is 2.41 bits per heavy atom. The van der Waals surface area contributed by atoms with Crippen molar-refractivity contribution in [2.75, 3.05) is 7.11 Å². The summed E-state index contributed by atoms with van der Waals surface area (Å²) in [7, 11) is 1.66. The Balaban J connectivity index is 1.63. The first-order chi connectivity index (χ1) is 15.1. The molecule has 0 fully saturated rings. The second-order valence-electron chi connectivity index (χ2n) is 9.49. The highest BCUT2D eigenvalue weighted by Gasteiger charge is 2.32. The molecule has 1 atom stereocenters. The minimum Gasteiger partial charge on any atom is -0.497 e. The van der Waals surface area contributed by atoms with Gasteiger partial charge in [-0.15, -0.1) is 0 Å². The standard InChI is InChI=1S/C28H32O4/c1-16-17(2)26-24(12-13-28(5,6)32-26)19(4)25(16)31-27(29)18(3)20-8-9-22-15-23(30-7)11-10-21(22)14-20/h8-11,14-15,18H,12-13H2,1-7H3. The summed E-state index contributed by atoms with van der Waals surface area (Å²) in [4.78, 5) is 13.2. The quantitative estimate of drug-likeness (QED) is 0.345. The number of carbonyl (C=O) groups is 1. The smallest absolute Gasteiger partial charge is 0.318 e. The molecule has 1 aliphatic rings. The molecule has 0 aromatic heterocycles. The highest BCUT2D eigenvalue weighted by Crippen LogP contribution is 2.44. The predicted molar refractivity (Wildman–Crippen MR) is 128 cm³/mol. The Kier molecular flexibility index (Phi) is 5.66. The molecule has 168 valence electrons. The summed E-state index contributed by atoms with van der Waals surface area (Å²) in [6, 6.07) is 12.0. The van der Waals surface area contributed by atoms with Crippen LogP contribution in [0.15, 0.2) is 36.4 Å². The van der Waals surface area contributed by atoms with Crippen LogP contribution in [0, 0.1) is 20.8 Å². The first-order valence-electron chi connectivity index (χ1n) is 11.2. The molecule has 0 saturated carbocycles. The van der Waals surface area contributed by atoms with Gasteiger partial charge in [0, 0.05) is 5.56 Å². The van der Waals surface area contributed by atoms with Crippen molar-refractivity contribution in [1.82, 2.24) is 0 Å². The molecule has 3 aromatic carbocycles. The molecular weight excluding hydrogens is 400 g/mol. The normalized spacial score (nSPS) is 15.6. The minimum atomic E-state index is -0.383. The summed E-state index contributed by atoms with van der Waals surface area (Å²) in [5.74, 6) is 1.81. The van der Waals surface area contributed by atoms with Crippen LogP contribution in [0.2, 0.25) is 0 Å². The van der Waals surface area contributed by atoms with E-state index in [2.05, 4.69) is 19.9 Å². The van der Waals surface area contributed by atoms with Crippen molar-refractivity contribution in [3.8, 4) is 17.2 Å². The Hall–Kier alpha value is -3.01. The van der Waals surface area contributed by atoms with Gasteiger partial charge in [-0.05, 0) is 99.5 Å². The SMILES string of the molecule is COc1ccc2cc(C(C)C(=O)Oc3c(C)c(C)c4c(c3C)CCC(C)(C)O4)ccc2c1. The monoisotopic (exact) mass is 432 g/mol. The van der Waals surface area contributed by atoms with E-state index in [0.717, 1.165) is 62.9 Å². The maximum Gasteiger partial charge on any atom is 0.318 e. The topological polar surface area (TPSA) is 44.8 Å². The summed E-state index contributed by atoms with van der Waals surface area (Å²) < 4.78 is 17.6. The van der Waals surface area contributed by atoms with E-state index in [0.29, 0.717) is 5.75 Å². The van der Waals surface area contributed by atoms with Crippen molar-refractivity contribution in [1.29, 1.82) is 0 Å². The van der Waals surface area contributed by atoms with Crippen molar-refractivity contribution < 1.29 is 19.0 Å². The summed E-state index contributed by atoms with van der Waals surface area (Å²) in [5, 5.41) is 2.15. The number of hydrogen-bond acceptors (Lipinski definition) is 4. The summed E-state index contributed by atoms with van der Waals surface area (Å²) in [6.07, 6.45) is 1.86. The van der Waals surface area contributed by atoms with Crippen LogP contribution < -0.4 is 14.2 Å². The van der Waals surface area contributed by atoms with Crippen molar-refractivity contribution in [3.63, 3.8) is 0 Å². The fraction of sp³-hybridized carbons (Fsp3) is 0.393. The van der Waals surface area contributed by atoms with Crippen molar-refractivity contribution in [2.24, 2.45) is 0 Å². The average Bonchev–Trinajstić information content (AvgIpc) is 2.78. The van der Waals surface area contributed by atoms with Crippen LogP contribution in [0.5, 0.6) is 17.2 Å². The Bertz CT molecular complexity index is 1210. The van der Waals surface area contributed by atoms with Crippen LogP contribution in [-0.2, 0) is 11.2 Å². The Morgan fingerprint density at radius 1 is 1.00 bits per heavy atom. The molecule has 0 aliphatic carbocycles. The maximum atomic E-state index is 13.2. The van der Waals surface area contributed by atoms with Crippen LogP contribution in [0.1, 0.15) is 60.9 Å². The number of fused-ring (bicyclic) bond motifs is 2. The van der Waals surface area contributed by atoms with Gasteiger partial charge in [0.05, 0.1) is 13.0 Å². The van der Waals surface area contributed by atoms with E-state index in [-0.39, 0.29) is 17.5 Å². The number of ether oxygens (including phenoxy) is 3. The van der Waals surface area contributed by atoms with Gasteiger partial charge in [0.25, 0.3) is 0 Å². The van der Waals surface area contributed by atoms with E-state index in [1.165, 1.54) is 0 Å². The van der Waals surface area contributed by atoms with Gasteiger partial charge in [-0.3, -0.25) is 4.79 Å². The van der Waals surface area contributed by atoms with Crippen molar-refractivity contribution >= 4 is 16.7 Å². The van der Waals surface area contributed by atoms with Crippen LogP contribution in [0.4, 0.5) is 0 Å². The number of methoxy groups -OCH3 is 1. The number of esters is 1. The van der Waals surface area contributed by atoms with Gasteiger partial charge in [0.2, 0.25) is 0 Å². The molecule has 1 aliphatic heterocycles. The summed E-state index contributed by atoms with van der Waals surface area (Å²) in [5.41, 5.74) is 4.93. The van der Waals surface area contributed by atoms with Gasteiger partial charge < -0.3 is 14.2 Å². The fourth-order valence-electron chi connectivity index (χ4n) is 4.46. The molecule has 0 N–H and O–H groups in total.